The van der Waals surface area contributed by atoms with Crippen LogP contribution in [0.25, 0.3) is 10.9 Å². The quantitative estimate of drug-likeness (QED) is 0.540. The normalized spacial score (nSPS) is 13.0. The van der Waals surface area contributed by atoms with Crippen molar-refractivity contribution >= 4 is 22.6 Å². The van der Waals surface area contributed by atoms with E-state index in [2.05, 4.69) is 34.4 Å². The zero-order valence-corrected chi connectivity index (χ0v) is 16.8. The second-order valence-corrected chi connectivity index (χ2v) is 6.93. The average Bonchev–Trinajstić information content (AvgIpc) is 2.76. The Morgan fingerprint density at radius 3 is 2.69 bits per heavy atom. The summed E-state index contributed by atoms with van der Waals surface area (Å²) in [5.74, 6) is 1.98. The average molecular weight is 394 g/mol. The zero-order chi connectivity index (χ0) is 20.8. The molecule has 0 aliphatic heterocycles. The van der Waals surface area contributed by atoms with Gasteiger partial charge in [-0.05, 0) is 42.3 Å². The topological polar surface area (TPSA) is 96.4 Å². The second-order valence-electron chi connectivity index (χ2n) is 6.93. The first kappa shape index (κ1) is 20.5. The van der Waals surface area contributed by atoms with Crippen LogP contribution in [0.15, 0.2) is 48.7 Å². The Labute approximate surface area is 170 Å². The van der Waals surface area contributed by atoms with Crippen LogP contribution in [-0.4, -0.2) is 40.7 Å². The third kappa shape index (κ3) is 5.00. The third-order valence-electron chi connectivity index (χ3n) is 4.95. The molecule has 0 unspecified atom stereocenters. The summed E-state index contributed by atoms with van der Waals surface area (Å²) in [6, 6.07) is 12.7. The number of rotatable bonds is 8. The monoisotopic (exact) mass is 394 g/mol. The van der Waals surface area contributed by atoms with Crippen LogP contribution in [0.2, 0.25) is 0 Å². The molecule has 0 radical (unpaired) electrons. The third-order valence-corrected chi connectivity index (χ3v) is 4.95. The molecule has 1 amide bonds. The number of amides is 1. The van der Waals surface area contributed by atoms with Crippen molar-refractivity contribution in [3.05, 3.63) is 54.4 Å². The number of benzene rings is 1. The molecule has 0 bridgehead atoms. The summed E-state index contributed by atoms with van der Waals surface area (Å²) in [7, 11) is 1.56. The van der Waals surface area contributed by atoms with Crippen molar-refractivity contribution in [2.45, 2.75) is 26.3 Å². The van der Waals surface area contributed by atoms with Crippen LogP contribution in [0.4, 0.5) is 5.82 Å². The molecule has 0 aliphatic rings. The number of hydrogen-bond acceptors (Lipinski definition) is 6. The Balaban J connectivity index is 1.78. The van der Waals surface area contributed by atoms with Crippen molar-refractivity contribution in [1.82, 2.24) is 15.3 Å². The Morgan fingerprint density at radius 2 is 1.97 bits per heavy atom. The molecule has 2 atom stereocenters. The van der Waals surface area contributed by atoms with Crippen LogP contribution in [-0.2, 0) is 0 Å². The number of aromatic nitrogens is 2. The number of anilines is 1. The van der Waals surface area contributed by atoms with E-state index in [1.54, 1.807) is 19.2 Å². The van der Waals surface area contributed by atoms with Crippen LogP contribution in [0.3, 0.4) is 0 Å². The summed E-state index contributed by atoms with van der Waals surface area (Å²) < 4.78 is 5.88. The Kier molecular flexibility index (Phi) is 6.61. The zero-order valence-electron chi connectivity index (χ0n) is 16.8. The highest BCUT2D eigenvalue weighted by Gasteiger charge is 2.15. The lowest BCUT2D eigenvalue weighted by atomic mass is 10.00. The molecule has 3 N–H and O–H groups in total. The fourth-order valence-corrected chi connectivity index (χ4v) is 2.95. The summed E-state index contributed by atoms with van der Waals surface area (Å²) in [5, 5.41) is 16.4. The molecule has 0 spiro atoms. The van der Waals surface area contributed by atoms with Gasteiger partial charge in [0.1, 0.15) is 23.0 Å². The number of ether oxygens (including phenoxy) is 1. The smallest absolute Gasteiger partial charge is 0.269 e. The Bertz CT molecular complexity index is 993. The van der Waals surface area contributed by atoms with Gasteiger partial charge in [0.05, 0.1) is 18.2 Å². The molecule has 0 fully saturated rings. The number of carbonyl (C=O) groups excluding carboxylic acids is 1. The van der Waals surface area contributed by atoms with Crippen molar-refractivity contribution in [3.63, 3.8) is 0 Å². The maximum absolute atomic E-state index is 11.7. The molecule has 2 heterocycles. The summed E-state index contributed by atoms with van der Waals surface area (Å²) in [4.78, 5) is 20.4. The summed E-state index contributed by atoms with van der Waals surface area (Å²) in [5.41, 5.74) is 1.12. The fourth-order valence-electron chi connectivity index (χ4n) is 2.95. The molecule has 3 rings (SSSR count). The van der Waals surface area contributed by atoms with Crippen molar-refractivity contribution in [2.75, 3.05) is 19.0 Å². The first-order valence-electron chi connectivity index (χ1n) is 9.68. The van der Waals surface area contributed by atoms with Crippen LogP contribution >= 0.6 is 0 Å². The second kappa shape index (κ2) is 9.34. The van der Waals surface area contributed by atoms with Gasteiger partial charge < -0.3 is 20.5 Å². The van der Waals surface area contributed by atoms with E-state index in [0.29, 0.717) is 23.1 Å². The first-order chi connectivity index (χ1) is 14.0. The van der Waals surface area contributed by atoms with Gasteiger partial charge in [-0.2, -0.15) is 0 Å². The molecular weight excluding hydrogens is 368 g/mol. The van der Waals surface area contributed by atoms with Gasteiger partial charge in [-0.1, -0.05) is 20.3 Å². The molecule has 0 saturated heterocycles. The summed E-state index contributed by atoms with van der Waals surface area (Å²) in [6.07, 6.45) is 2.51. The van der Waals surface area contributed by atoms with E-state index in [4.69, 9.17) is 4.74 Å². The molecule has 29 heavy (non-hydrogen) atoms. The number of carbonyl (C=O) groups is 1. The van der Waals surface area contributed by atoms with E-state index < -0.39 is 0 Å². The van der Waals surface area contributed by atoms with E-state index >= 15 is 0 Å². The predicted octanol–water partition coefficient (Wildman–Crippen LogP) is 3.60. The standard InChI is InChI=1S/C22H26N4O3/c1-4-14(2)20(13-27)26-21-8-5-15-11-16(6-7-18(15)25-21)29-17-9-10-24-19(12-17)22(28)23-3/h5-12,14,20,27H,4,13H2,1-3H3,(H,23,28)(H,25,26)/t14-,20+/m0/s1. The first-order valence-corrected chi connectivity index (χ1v) is 9.68. The molecule has 7 nitrogen and oxygen atoms in total. The van der Waals surface area contributed by atoms with Gasteiger partial charge in [0, 0.05) is 24.7 Å². The molecule has 7 heteroatoms. The molecule has 0 aliphatic carbocycles. The van der Waals surface area contributed by atoms with Crippen molar-refractivity contribution in [2.24, 2.45) is 5.92 Å². The number of nitrogens with zero attached hydrogens (tertiary/aromatic N) is 2. The van der Waals surface area contributed by atoms with Gasteiger partial charge in [-0.25, -0.2) is 4.98 Å². The highest BCUT2D eigenvalue weighted by Crippen LogP contribution is 2.26. The summed E-state index contributed by atoms with van der Waals surface area (Å²) in [6.45, 7) is 4.27. The van der Waals surface area contributed by atoms with Crippen LogP contribution in [0.5, 0.6) is 11.5 Å². The van der Waals surface area contributed by atoms with E-state index in [1.165, 1.54) is 6.20 Å². The van der Waals surface area contributed by atoms with Gasteiger partial charge in [0.25, 0.3) is 5.91 Å². The van der Waals surface area contributed by atoms with Crippen molar-refractivity contribution in [1.29, 1.82) is 0 Å². The molecule has 2 aromatic heterocycles. The van der Waals surface area contributed by atoms with E-state index in [9.17, 15) is 9.90 Å². The van der Waals surface area contributed by atoms with E-state index in [1.807, 2.05) is 30.3 Å². The summed E-state index contributed by atoms with van der Waals surface area (Å²) >= 11 is 0. The number of pyridine rings is 2. The Hall–Kier alpha value is -3.19. The minimum atomic E-state index is -0.267. The lowest BCUT2D eigenvalue weighted by Gasteiger charge is -2.22. The van der Waals surface area contributed by atoms with Gasteiger partial charge in [-0.15, -0.1) is 0 Å². The number of nitrogens with one attached hydrogen (secondary N) is 2. The minimum Gasteiger partial charge on any atom is -0.457 e. The lowest BCUT2D eigenvalue weighted by Crippen LogP contribution is -2.31. The van der Waals surface area contributed by atoms with Crippen molar-refractivity contribution < 1.29 is 14.6 Å². The van der Waals surface area contributed by atoms with Crippen LogP contribution in [0, 0.1) is 5.92 Å². The van der Waals surface area contributed by atoms with E-state index in [0.717, 1.165) is 23.1 Å². The molecule has 152 valence electrons. The maximum atomic E-state index is 11.7. The number of aliphatic hydroxyl groups excluding tert-OH is 1. The lowest BCUT2D eigenvalue weighted by molar-refractivity contribution is 0.0958. The molecule has 3 aromatic rings. The SMILES string of the molecule is CC[C@H](C)[C@@H](CO)Nc1ccc2cc(Oc3ccnc(C(=O)NC)c3)ccc2n1. The predicted molar refractivity (Wildman–Crippen MR) is 113 cm³/mol. The minimum absolute atomic E-state index is 0.0336. The number of aliphatic hydroxyl groups is 1. The fraction of sp³-hybridized carbons (Fsp3) is 0.318. The van der Waals surface area contributed by atoms with Gasteiger partial charge in [0.15, 0.2) is 0 Å². The van der Waals surface area contributed by atoms with Crippen LogP contribution < -0.4 is 15.4 Å². The van der Waals surface area contributed by atoms with Crippen molar-refractivity contribution in [3.8, 4) is 11.5 Å². The number of fused-ring (bicyclic) bond motifs is 1. The van der Waals surface area contributed by atoms with Gasteiger partial charge in [0.2, 0.25) is 0 Å². The Morgan fingerprint density at radius 1 is 1.17 bits per heavy atom. The molecular formula is C22H26N4O3. The molecule has 0 saturated carbocycles. The molecule has 1 aromatic carbocycles. The highest BCUT2D eigenvalue weighted by atomic mass is 16.5. The highest BCUT2D eigenvalue weighted by molar-refractivity contribution is 5.92. The largest absolute Gasteiger partial charge is 0.457 e. The van der Waals surface area contributed by atoms with E-state index in [-0.39, 0.29) is 18.6 Å². The number of hydrogen-bond donors (Lipinski definition) is 3. The maximum Gasteiger partial charge on any atom is 0.269 e. The van der Waals surface area contributed by atoms with Gasteiger partial charge >= 0.3 is 0 Å². The van der Waals surface area contributed by atoms with Crippen LogP contribution in [0.1, 0.15) is 30.8 Å². The van der Waals surface area contributed by atoms with Gasteiger partial charge in [-0.3, -0.25) is 9.78 Å².